The molecule has 4 rings (SSSR count). The number of nitrogens with one attached hydrogen (secondary N) is 1. The molecular formula is C23H18N4O5. The van der Waals surface area contributed by atoms with Crippen LogP contribution in [0.4, 0.5) is 11.4 Å². The number of amides is 1. The molecule has 0 bridgehead atoms. The van der Waals surface area contributed by atoms with Gasteiger partial charge in [-0.1, -0.05) is 41.6 Å². The number of nitro groups is 1. The molecule has 1 N–H and O–H groups in total. The van der Waals surface area contributed by atoms with Crippen LogP contribution in [-0.4, -0.2) is 27.6 Å². The molecule has 0 unspecified atom stereocenters. The molecule has 3 aromatic carbocycles. The second-order valence-corrected chi connectivity index (χ2v) is 6.88. The number of nitro benzene ring substituents is 1. The molecule has 1 amide bonds. The fourth-order valence-corrected chi connectivity index (χ4v) is 3.04. The lowest BCUT2D eigenvalue weighted by atomic mass is 10.1. The predicted octanol–water partition coefficient (Wildman–Crippen LogP) is 4.64. The number of carbonyl (C=O) groups excluding carboxylic acids is 1. The van der Waals surface area contributed by atoms with Crippen molar-refractivity contribution in [1.82, 2.24) is 10.1 Å². The minimum absolute atomic E-state index is 0.0576. The highest BCUT2D eigenvalue weighted by atomic mass is 16.6. The number of aromatic nitrogens is 2. The van der Waals surface area contributed by atoms with E-state index in [0.29, 0.717) is 22.8 Å². The highest BCUT2D eigenvalue weighted by molar-refractivity contribution is 5.92. The van der Waals surface area contributed by atoms with Crippen molar-refractivity contribution >= 4 is 17.3 Å². The van der Waals surface area contributed by atoms with Crippen molar-refractivity contribution in [3.05, 3.63) is 88.5 Å². The van der Waals surface area contributed by atoms with Gasteiger partial charge in [0.15, 0.2) is 6.61 Å². The molecule has 0 atom stereocenters. The summed E-state index contributed by atoms with van der Waals surface area (Å²) >= 11 is 0. The number of nitrogens with zero attached hydrogens (tertiary/aromatic N) is 3. The Balaban J connectivity index is 1.45. The molecule has 0 aliphatic heterocycles. The van der Waals surface area contributed by atoms with Crippen molar-refractivity contribution in [3.63, 3.8) is 0 Å². The fourth-order valence-electron chi connectivity index (χ4n) is 3.04. The van der Waals surface area contributed by atoms with E-state index >= 15 is 0 Å². The highest BCUT2D eigenvalue weighted by Gasteiger charge is 2.16. The van der Waals surface area contributed by atoms with Crippen LogP contribution < -0.4 is 10.1 Å². The van der Waals surface area contributed by atoms with E-state index in [1.807, 2.05) is 31.2 Å². The van der Waals surface area contributed by atoms with Gasteiger partial charge in [0.2, 0.25) is 5.82 Å². The van der Waals surface area contributed by atoms with Crippen molar-refractivity contribution in [2.24, 2.45) is 0 Å². The third kappa shape index (κ3) is 4.62. The van der Waals surface area contributed by atoms with E-state index < -0.39 is 10.8 Å². The van der Waals surface area contributed by atoms with Gasteiger partial charge in [-0.05, 0) is 36.8 Å². The Kier molecular flexibility index (Phi) is 5.89. The van der Waals surface area contributed by atoms with E-state index in [9.17, 15) is 14.9 Å². The van der Waals surface area contributed by atoms with Crippen molar-refractivity contribution in [2.75, 3.05) is 11.9 Å². The molecule has 1 aromatic heterocycles. The third-order valence-corrected chi connectivity index (χ3v) is 4.65. The number of anilines is 1. The van der Waals surface area contributed by atoms with Crippen LogP contribution in [0, 0.1) is 17.0 Å². The lowest BCUT2D eigenvalue weighted by molar-refractivity contribution is -0.384. The zero-order valence-corrected chi connectivity index (χ0v) is 17.0. The number of rotatable bonds is 7. The molecule has 0 spiro atoms. The summed E-state index contributed by atoms with van der Waals surface area (Å²) in [5, 5.41) is 17.4. The van der Waals surface area contributed by atoms with Gasteiger partial charge in [-0.3, -0.25) is 14.9 Å². The van der Waals surface area contributed by atoms with E-state index in [-0.39, 0.29) is 18.2 Å². The minimum atomic E-state index is -0.506. The zero-order chi connectivity index (χ0) is 22.5. The van der Waals surface area contributed by atoms with Crippen LogP contribution in [0.5, 0.6) is 5.75 Å². The Morgan fingerprint density at radius 3 is 2.44 bits per heavy atom. The first-order valence-corrected chi connectivity index (χ1v) is 9.67. The van der Waals surface area contributed by atoms with Crippen LogP contribution in [0.1, 0.15) is 5.56 Å². The Morgan fingerprint density at radius 1 is 1.03 bits per heavy atom. The first kappa shape index (κ1) is 20.7. The molecule has 0 radical (unpaired) electrons. The smallest absolute Gasteiger partial charge is 0.269 e. The summed E-state index contributed by atoms with van der Waals surface area (Å²) in [4.78, 5) is 26.9. The van der Waals surface area contributed by atoms with Gasteiger partial charge in [0.05, 0.1) is 10.5 Å². The average molecular weight is 430 g/mol. The number of non-ortho nitro benzene ring substituents is 1. The standard InChI is InChI=1S/C23H18N4O5/c1-15-6-2-3-7-18(15)22-25-23(32-26-22)19-8-4-5-9-20(19)31-14-21(28)24-16-10-12-17(13-11-16)27(29)30/h2-13H,14H2,1H3,(H,24,28). The Morgan fingerprint density at radius 2 is 1.72 bits per heavy atom. The maximum atomic E-state index is 12.3. The molecule has 9 nitrogen and oxygen atoms in total. The molecule has 4 aromatic rings. The first-order valence-electron chi connectivity index (χ1n) is 9.67. The maximum absolute atomic E-state index is 12.3. The number of carbonyl (C=O) groups is 1. The molecule has 1 heterocycles. The average Bonchev–Trinajstić information content (AvgIpc) is 3.28. The highest BCUT2D eigenvalue weighted by Crippen LogP contribution is 2.30. The number of hydrogen-bond acceptors (Lipinski definition) is 7. The maximum Gasteiger partial charge on any atom is 0.269 e. The van der Waals surface area contributed by atoms with Crippen LogP contribution in [0.25, 0.3) is 22.8 Å². The summed E-state index contributed by atoms with van der Waals surface area (Å²) in [6.07, 6.45) is 0. The number of hydrogen-bond donors (Lipinski definition) is 1. The predicted molar refractivity (Wildman–Crippen MR) is 117 cm³/mol. The Labute approximate surface area is 182 Å². The summed E-state index contributed by atoms with van der Waals surface area (Å²) < 4.78 is 11.1. The number of para-hydroxylation sites is 1. The summed E-state index contributed by atoms with van der Waals surface area (Å²) in [5.41, 5.74) is 2.81. The molecule has 0 saturated heterocycles. The normalized spacial score (nSPS) is 10.5. The van der Waals surface area contributed by atoms with Crippen LogP contribution in [0.3, 0.4) is 0 Å². The van der Waals surface area contributed by atoms with Crippen molar-refractivity contribution in [2.45, 2.75) is 6.92 Å². The molecule has 0 fully saturated rings. The monoisotopic (exact) mass is 430 g/mol. The molecule has 0 aliphatic rings. The molecule has 0 aliphatic carbocycles. The topological polar surface area (TPSA) is 120 Å². The van der Waals surface area contributed by atoms with Gasteiger partial charge in [0.25, 0.3) is 17.5 Å². The van der Waals surface area contributed by atoms with Crippen molar-refractivity contribution in [3.8, 4) is 28.6 Å². The van der Waals surface area contributed by atoms with Crippen molar-refractivity contribution in [1.29, 1.82) is 0 Å². The fraction of sp³-hybridized carbons (Fsp3) is 0.0870. The van der Waals surface area contributed by atoms with E-state index in [4.69, 9.17) is 9.26 Å². The SMILES string of the molecule is Cc1ccccc1-c1noc(-c2ccccc2OCC(=O)Nc2ccc([N+](=O)[O-])cc2)n1. The van der Waals surface area contributed by atoms with Gasteiger partial charge < -0.3 is 14.6 Å². The Bertz CT molecular complexity index is 1270. The molecule has 160 valence electrons. The van der Waals surface area contributed by atoms with Gasteiger partial charge in [0.1, 0.15) is 5.75 Å². The van der Waals surface area contributed by atoms with Crippen molar-refractivity contribution < 1.29 is 19.0 Å². The van der Waals surface area contributed by atoms with Crippen LogP contribution in [-0.2, 0) is 4.79 Å². The summed E-state index contributed by atoms with van der Waals surface area (Å²) in [5.74, 6) is 0.726. The van der Waals surface area contributed by atoms with Gasteiger partial charge in [-0.25, -0.2) is 0 Å². The Hall–Kier alpha value is -4.53. The van der Waals surface area contributed by atoms with E-state index in [2.05, 4.69) is 15.5 Å². The second kappa shape index (κ2) is 9.09. The summed E-state index contributed by atoms with van der Waals surface area (Å²) in [7, 11) is 0. The second-order valence-electron chi connectivity index (χ2n) is 6.88. The lowest BCUT2D eigenvalue weighted by Gasteiger charge is -2.09. The van der Waals surface area contributed by atoms with Gasteiger partial charge in [0, 0.05) is 23.4 Å². The van der Waals surface area contributed by atoms with Gasteiger partial charge in [-0.15, -0.1) is 0 Å². The quantitative estimate of drug-likeness (QED) is 0.335. The van der Waals surface area contributed by atoms with Crippen LogP contribution >= 0.6 is 0 Å². The van der Waals surface area contributed by atoms with Gasteiger partial charge >= 0.3 is 0 Å². The van der Waals surface area contributed by atoms with Crippen LogP contribution in [0.15, 0.2) is 77.3 Å². The van der Waals surface area contributed by atoms with E-state index in [1.54, 1.807) is 24.3 Å². The van der Waals surface area contributed by atoms with Crippen LogP contribution in [0.2, 0.25) is 0 Å². The van der Waals surface area contributed by atoms with E-state index in [1.165, 1.54) is 24.3 Å². The molecule has 32 heavy (non-hydrogen) atoms. The third-order valence-electron chi connectivity index (χ3n) is 4.65. The molecule has 9 heteroatoms. The summed E-state index contributed by atoms with van der Waals surface area (Å²) in [6, 6.07) is 20.3. The number of ether oxygens (including phenoxy) is 1. The molecule has 0 saturated carbocycles. The van der Waals surface area contributed by atoms with E-state index in [0.717, 1.165) is 11.1 Å². The minimum Gasteiger partial charge on any atom is -0.483 e. The number of aryl methyl sites for hydroxylation is 1. The summed E-state index contributed by atoms with van der Waals surface area (Å²) in [6.45, 7) is 1.69. The zero-order valence-electron chi connectivity index (χ0n) is 17.0. The number of benzene rings is 3. The van der Waals surface area contributed by atoms with Gasteiger partial charge in [-0.2, -0.15) is 4.98 Å². The first-order chi connectivity index (χ1) is 15.5. The molecular weight excluding hydrogens is 412 g/mol. The largest absolute Gasteiger partial charge is 0.483 e. The lowest BCUT2D eigenvalue weighted by Crippen LogP contribution is -2.20.